The monoisotopic (exact) mass is 210 g/mol. The Hall–Kier alpha value is -0.580. The second-order valence-corrected chi connectivity index (χ2v) is 2.16. The van der Waals surface area contributed by atoms with Gasteiger partial charge < -0.3 is 9.84 Å². The fourth-order valence-electron chi connectivity index (χ4n) is 0.279. The van der Waals surface area contributed by atoms with Gasteiger partial charge in [0.1, 0.15) is 5.33 Å². The summed E-state index contributed by atoms with van der Waals surface area (Å²) in [5.41, 5.74) is 0. The summed E-state index contributed by atoms with van der Waals surface area (Å²) in [7, 11) is 0. The van der Waals surface area contributed by atoms with Gasteiger partial charge in [-0.2, -0.15) is 0 Å². The average Bonchev–Trinajstić information content (AvgIpc) is 1.87. The van der Waals surface area contributed by atoms with Gasteiger partial charge in [-0.3, -0.25) is 4.79 Å². The van der Waals surface area contributed by atoms with Crippen LogP contribution in [0.15, 0.2) is 0 Å². The third-order valence-corrected chi connectivity index (χ3v) is 1.22. The molecule has 0 aliphatic heterocycles. The summed E-state index contributed by atoms with van der Waals surface area (Å²) in [5.74, 6) is -1.72. The maximum absolute atomic E-state index is 10.4. The highest BCUT2D eigenvalue weighted by molar-refractivity contribution is 9.09. The molecule has 4 nitrogen and oxygen atoms in total. The molecule has 1 N–H and O–H groups in total. The molecule has 0 aromatic heterocycles. The van der Waals surface area contributed by atoms with E-state index in [2.05, 4.69) is 20.7 Å². The Kier molecular flexibility index (Phi) is 4.02. The molecule has 0 fully saturated rings. The molecule has 0 aromatic rings. The summed E-state index contributed by atoms with van der Waals surface area (Å²) < 4.78 is 4.38. The van der Waals surface area contributed by atoms with Crippen LogP contribution in [0.3, 0.4) is 0 Å². The van der Waals surface area contributed by atoms with E-state index in [1.807, 2.05) is 0 Å². The Morgan fingerprint density at radius 3 is 2.50 bits per heavy atom. The van der Waals surface area contributed by atoms with Crippen LogP contribution in [-0.2, 0) is 14.3 Å². The summed E-state index contributed by atoms with van der Waals surface area (Å²) in [4.78, 5) is 20.5. The van der Waals surface area contributed by atoms with Crippen LogP contribution < -0.4 is 0 Å². The van der Waals surface area contributed by atoms with Crippen molar-refractivity contribution < 1.29 is 19.4 Å². The molecule has 0 heterocycles. The molecule has 1 atom stereocenters. The molecule has 0 unspecified atom stereocenters. The molecular formula is C5H7BrO4. The van der Waals surface area contributed by atoms with Gasteiger partial charge in [0.2, 0.25) is 0 Å². The Balaban J connectivity index is 3.68. The van der Waals surface area contributed by atoms with Gasteiger partial charge in [-0.1, -0.05) is 15.9 Å². The van der Waals surface area contributed by atoms with Gasteiger partial charge in [0.15, 0.2) is 6.10 Å². The SMILES string of the molecule is C[C@H](OC(=O)CBr)C(=O)O. The fraction of sp³-hybridized carbons (Fsp3) is 0.600. The van der Waals surface area contributed by atoms with Crippen molar-refractivity contribution in [3.05, 3.63) is 0 Å². The second-order valence-electron chi connectivity index (χ2n) is 1.60. The molecule has 0 aliphatic carbocycles. The molecule has 0 rings (SSSR count). The first kappa shape index (κ1) is 9.42. The van der Waals surface area contributed by atoms with Crippen molar-refractivity contribution in [3.8, 4) is 0 Å². The van der Waals surface area contributed by atoms with Crippen molar-refractivity contribution in [2.45, 2.75) is 13.0 Å². The number of carbonyl (C=O) groups excluding carboxylic acids is 1. The maximum Gasteiger partial charge on any atom is 0.344 e. The van der Waals surface area contributed by atoms with Gasteiger partial charge in [0.05, 0.1) is 0 Å². The van der Waals surface area contributed by atoms with Gasteiger partial charge in [0.25, 0.3) is 0 Å². The number of ether oxygens (including phenoxy) is 1. The number of rotatable bonds is 3. The molecule has 0 saturated heterocycles. The van der Waals surface area contributed by atoms with Gasteiger partial charge in [-0.05, 0) is 6.92 Å². The van der Waals surface area contributed by atoms with Gasteiger partial charge in [-0.15, -0.1) is 0 Å². The van der Waals surface area contributed by atoms with Crippen LogP contribution in [0.4, 0.5) is 0 Å². The minimum Gasteiger partial charge on any atom is -0.479 e. The lowest BCUT2D eigenvalue weighted by Crippen LogP contribution is -2.23. The van der Waals surface area contributed by atoms with E-state index in [1.54, 1.807) is 0 Å². The minimum absolute atomic E-state index is 0.0185. The van der Waals surface area contributed by atoms with E-state index in [4.69, 9.17) is 5.11 Å². The van der Waals surface area contributed by atoms with Crippen LogP contribution in [0.2, 0.25) is 0 Å². The molecular weight excluding hydrogens is 204 g/mol. The van der Waals surface area contributed by atoms with Crippen molar-refractivity contribution >= 4 is 27.9 Å². The first-order valence-corrected chi connectivity index (χ1v) is 3.68. The molecule has 0 saturated carbocycles. The van der Waals surface area contributed by atoms with E-state index in [-0.39, 0.29) is 5.33 Å². The zero-order chi connectivity index (χ0) is 8.15. The smallest absolute Gasteiger partial charge is 0.344 e. The molecule has 0 bridgehead atoms. The van der Waals surface area contributed by atoms with Crippen LogP contribution in [0.1, 0.15) is 6.92 Å². The lowest BCUT2D eigenvalue weighted by Gasteiger charge is -2.05. The highest BCUT2D eigenvalue weighted by Crippen LogP contribution is 1.93. The number of carboxylic acid groups (broad SMARTS) is 1. The van der Waals surface area contributed by atoms with Crippen molar-refractivity contribution in [2.24, 2.45) is 0 Å². The van der Waals surface area contributed by atoms with Crippen molar-refractivity contribution in [2.75, 3.05) is 5.33 Å². The van der Waals surface area contributed by atoms with Crippen LogP contribution in [-0.4, -0.2) is 28.5 Å². The van der Waals surface area contributed by atoms with Gasteiger partial charge >= 0.3 is 11.9 Å². The van der Waals surface area contributed by atoms with Crippen LogP contribution in [0.5, 0.6) is 0 Å². The number of aliphatic carboxylic acids is 1. The van der Waals surface area contributed by atoms with Crippen LogP contribution in [0.25, 0.3) is 0 Å². The van der Waals surface area contributed by atoms with Gasteiger partial charge in [-0.25, -0.2) is 4.79 Å². The van der Waals surface area contributed by atoms with E-state index < -0.39 is 18.0 Å². The first-order chi connectivity index (χ1) is 4.57. The number of esters is 1. The molecule has 5 heteroatoms. The number of hydrogen-bond acceptors (Lipinski definition) is 3. The van der Waals surface area contributed by atoms with Crippen LogP contribution in [0, 0.1) is 0 Å². The zero-order valence-corrected chi connectivity index (χ0v) is 6.92. The first-order valence-electron chi connectivity index (χ1n) is 2.56. The third kappa shape index (κ3) is 3.45. The average molecular weight is 211 g/mol. The van der Waals surface area contributed by atoms with Crippen molar-refractivity contribution in [1.82, 2.24) is 0 Å². The van der Waals surface area contributed by atoms with Crippen molar-refractivity contribution in [3.63, 3.8) is 0 Å². The maximum atomic E-state index is 10.4. The predicted octanol–water partition coefficient (Wildman–Crippen LogP) is 0.398. The number of halogens is 1. The number of alkyl halides is 1. The lowest BCUT2D eigenvalue weighted by molar-refractivity contribution is -0.160. The Morgan fingerprint density at radius 1 is 1.70 bits per heavy atom. The third-order valence-electron chi connectivity index (χ3n) is 0.765. The summed E-state index contributed by atoms with van der Waals surface area (Å²) in [6, 6.07) is 0. The minimum atomic E-state index is -1.14. The lowest BCUT2D eigenvalue weighted by atomic mass is 10.4. The quantitative estimate of drug-likeness (QED) is 0.542. The molecule has 0 radical (unpaired) electrons. The molecule has 10 heavy (non-hydrogen) atoms. The van der Waals surface area contributed by atoms with Crippen LogP contribution >= 0.6 is 15.9 Å². The predicted molar refractivity (Wildman–Crippen MR) is 37.0 cm³/mol. The topological polar surface area (TPSA) is 63.6 Å². The normalized spacial score (nSPS) is 12.2. The summed E-state index contributed by atoms with van der Waals surface area (Å²) in [6.45, 7) is 1.29. The summed E-state index contributed by atoms with van der Waals surface area (Å²) in [5, 5.41) is 8.25. The van der Waals surface area contributed by atoms with E-state index >= 15 is 0 Å². The number of carboxylic acids is 1. The zero-order valence-electron chi connectivity index (χ0n) is 5.33. The Morgan fingerprint density at radius 2 is 2.20 bits per heavy atom. The highest BCUT2D eigenvalue weighted by Gasteiger charge is 2.14. The second kappa shape index (κ2) is 4.27. The summed E-state index contributed by atoms with van der Waals surface area (Å²) in [6.07, 6.45) is -1.06. The standard InChI is InChI=1S/C5H7BrO4/c1-3(5(8)9)10-4(7)2-6/h3H,2H2,1H3,(H,8,9)/t3-/m0/s1. The molecule has 0 aliphatic rings. The van der Waals surface area contributed by atoms with E-state index in [0.717, 1.165) is 0 Å². The fourth-order valence-corrected chi connectivity index (χ4v) is 0.411. The molecule has 58 valence electrons. The molecule has 0 aromatic carbocycles. The van der Waals surface area contributed by atoms with E-state index in [9.17, 15) is 9.59 Å². The van der Waals surface area contributed by atoms with Gasteiger partial charge in [0, 0.05) is 0 Å². The largest absolute Gasteiger partial charge is 0.479 e. The Labute approximate surface area is 66.3 Å². The van der Waals surface area contributed by atoms with Crippen molar-refractivity contribution in [1.29, 1.82) is 0 Å². The molecule has 0 spiro atoms. The highest BCUT2D eigenvalue weighted by atomic mass is 79.9. The van der Waals surface area contributed by atoms with E-state index in [0.29, 0.717) is 0 Å². The number of hydrogen-bond donors (Lipinski definition) is 1. The van der Waals surface area contributed by atoms with E-state index in [1.165, 1.54) is 6.92 Å². The number of carbonyl (C=O) groups is 2. The summed E-state index contributed by atoms with van der Waals surface area (Å²) >= 11 is 2.82. The Bertz CT molecular complexity index is 145. The molecule has 0 amide bonds.